The van der Waals surface area contributed by atoms with Gasteiger partial charge in [-0.15, -0.1) is 0 Å². The summed E-state index contributed by atoms with van der Waals surface area (Å²) in [6, 6.07) is 7.41. The molecule has 0 fully saturated rings. The van der Waals surface area contributed by atoms with Gasteiger partial charge in [0, 0.05) is 17.8 Å². The molecule has 0 unspecified atom stereocenters. The fraction of sp³-hybridized carbons (Fsp3) is 0.200. The first-order chi connectivity index (χ1) is 13.9. The zero-order valence-electron chi connectivity index (χ0n) is 16.2. The fourth-order valence-electron chi connectivity index (χ4n) is 2.48. The van der Waals surface area contributed by atoms with Crippen molar-refractivity contribution >= 4 is 41.0 Å². The van der Waals surface area contributed by atoms with E-state index in [0.717, 1.165) is 0 Å². The highest BCUT2D eigenvalue weighted by atomic mass is 35.5. The van der Waals surface area contributed by atoms with E-state index in [0.29, 0.717) is 45.8 Å². The van der Waals surface area contributed by atoms with Gasteiger partial charge in [0.2, 0.25) is 5.91 Å². The average Bonchev–Trinajstić information content (AvgIpc) is 2.68. The number of rotatable bonds is 8. The van der Waals surface area contributed by atoms with E-state index >= 15 is 0 Å². The Morgan fingerprint density at radius 3 is 2.45 bits per heavy atom. The van der Waals surface area contributed by atoms with Crippen molar-refractivity contribution in [1.82, 2.24) is 0 Å². The van der Waals surface area contributed by atoms with Gasteiger partial charge in [-0.2, -0.15) is 0 Å². The third kappa shape index (κ3) is 6.05. The molecule has 154 valence electrons. The molecule has 0 aliphatic rings. The van der Waals surface area contributed by atoms with Gasteiger partial charge in [-0.05, 0) is 42.8 Å². The quantitative estimate of drug-likeness (QED) is 0.562. The molecule has 3 amide bonds. The van der Waals surface area contributed by atoms with E-state index in [2.05, 4.69) is 10.6 Å². The highest BCUT2D eigenvalue weighted by Crippen LogP contribution is 2.36. The van der Waals surface area contributed by atoms with Crippen molar-refractivity contribution in [3.63, 3.8) is 0 Å². The maximum atomic E-state index is 12.2. The Bertz CT molecular complexity index is 931. The van der Waals surface area contributed by atoms with Crippen LogP contribution in [0.3, 0.4) is 0 Å². The molecular formula is C20H22ClN3O5. The van der Waals surface area contributed by atoms with Crippen LogP contribution in [0.25, 0.3) is 6.08 Å². The molecule has 9 heteroatoms. The number of carbonyl (C=O) groups excluding carboxylic acids is 2. The number of amides is 3. The van der Waals surface area contributed by atoms with Crippen LogP contribution < -0.4 is 30.6 Å². The molecule has 0 atom stereocenters. The lowest BCUT2D eigenvalue weighted by molar-refractivity contribution is -0.111. The first-order valence-corrected chi connectivity index (χ1v) is 8.99. The van der Waals surface area contributed by atoms with E-state index < -0.39 is 6.03 Å². The van der Waals surface area contributed by atoms with Gasteiger partial charge in [-0.1, -0.05) is 11.6 Å². The second-order valence-corrected chi connectivity index (χ2v) is 6.10. The van der Waals surface area contributed by atoms with Gasteiger partial charge in [0.15, 0.2) is 11.5 Å². The monoisotopic (exact) mass is 419 g/mol. The predicted molar refractivity (Wildman–Crippen MR) is 113 cm³/mol. The molecule has 0 bridgehead atoms. The Morgan fingerprint density at radius 2 is 1.83 bits per heavy atom. The molecule has 0 aromatic heterocycles. The first-order valence-electron chi connectivity index (χ1n) is 8.61. The van der Waals surface area contributed by atoms with Gasteiger partial charge in [0.1, 0.15) is 5.75 Å². The number of carbonyl (C=O) groups is 2. The standard InChI is InChI=1S/C20H22ClN3O5/c1-4-29-19-14(21)9-12(10-17(19)28-3)5-8-18(25)23-13-6-7-15(24-20(22)26)16(11-13)27-2/h5-11H,4H2,1-3H3,(H,23,25)(H3,22,24,26). The van der Waals surface area contributed by atoms with Crippen LogP contribution in [0.15, 0.2) is 36.4 Å². The smallest absolute Gasteiger partial charge is 0.316 e. The molecule has 8 nitrogen and oxygen atoms in total. The average molecular weight is 420 g/mol. The number of methoxy groups -OCH3 is 2. The number of hydrogen-bond donors (Lipinski definition) is 3. The second-order valence-electron chi connectivity index (χ2n) is 5.69. The van der Waals surface area contributed by atoms with Gasteiger partial charge in [-0.25, -0.2) is 4.79 Å². The molecule has 0 aliphatic carbocycles. The van der Waals surface area contributed by atoms with E-state index in [1.807, 2.05) is 6.92 Å². The van der Waals surface area contributed by atoms with Gasteiger partial charge < -0.3 is 30.6 Å². The Labute approximate surface area is 173 Å². The van der Waals surface area contributed by atoms with Crippen LogP contribution in [-0.4, -0.2) is 32.8 Å². The summed E-state index contributed by atoms with van der Waals surface area (Å²) in [4.78, 5) is 23.2. The van der Waals surface area contributed by atoms with Gasteiger partial charge in [0.25, 0.3) is 0 Å². The number of nitrogens with one attached hydrogen (secondary N) is 2. The topological polar surface area (TPSA) is 112 Å². The molecule has 0 radical (unpaired) electrons. The molecule has 2 rings (SSSR count). The number of urea groups is 1. The summed E-state index contributed by atoms with van der Waals surface area (Å²) in [7, 11) is 2.95. The number of nitrogens with two attached hydrogens (primary N) is 1. The third-order valence-electron chi connectivity index (χ3n) is 3.69. The van der Waals surface area contributed by atoms with E-state index in [-0.39, 0.29) is 5.91 Å². The minimum atomic E-state index is -0.715. The number of benzene rings is 2. The zero-order valence-corrected chi connectivity index (χ0v) is 17.0. The molecule has 4 N–H and O–H groups in total. The molecular weight excluding hydrogens is 398 g/mol. The van der Waals surface area contributed by atoms with Crippen molar-refractivity contribution < 1.29 is 23.8 Å². The minimum Gasteiger partial charge on any atom is -0.494 e. The Hall–Kier alpha value is -3.39. The summed E-state index contributed by atoms with van der Waals surface area (Å²) in [5, 5.41) is 5.52. The van der Waals surface area contributed by atoms with Crippen LogP contribution >= 0.6 is 11.6 Å². The maximum absolute atomic E-state index is 12.2. The normalized spacial score (nSPS) is 10.5. The van der Waals surface area contributed by atoms with Crippen LogP contribution in [0.2, 0.25) is 5.02 Å². The van der Waals surface area contributed by atoms with Gasteiger partial charge >= 0.3 is 6.03 Å². The van der Waals surface area contributed by atoms with Crippen molar-refractivity contribution in [1.29, 1.82) is 0 Å². The highest BCUT2D eigenvalue weighted by Gasteiger charge is 2.11. The van der Waals surface area contributed by atoms with Crippen molar-refractivity contribution in [2.24, 2.45) is 5.73 Å². The molecule has 29 heavy (non-hydrogen) atoms. The fourth-order valence-corrected chi connectivity index (χ4v) is 2.75. The molecule has 0 saturated heterocycles. The number of anilines is 2. The maximum Gasteiger partial charge on any atom is 0.316 e. The summed E-state index contributed by atoms with van der Waals surface area (Å²) in [6.07, 6.45) is 2.95. The van der Waals surface area contributed by atoms with Crippen molar-refractivity contribution in [2.75, 3.05) is 31.5 Å². The van der Waals surface area contributed by atoms with Crippen LogP contribution in [0.1, 0.15) is 12.5 Å². The van der Waals surface area contributed by atoms with E-state index in [1.54, 1.807) is 36.4 Å². The molecule has 0 heterocycles. The Morgan fingerprint density at radius 1 is 1.10 bits per heavy atom. The second kappa shape index (κ2) is 10.2. The molecule has 2 aromatic carbocycles. The number of hydrogen-bond acceptors (Lipinski definition) is 5. The highest BCUT2D eigenvalue weighted by molar-refractivity contribution is 6.32. The SMILES string of the molecule is CCOc1c(Cl)cc(C=CC(=O)Nc2ccc(NC(N)=O)c(OC)c2)cc1OC. The van der Waals surface area contributed by atoms with Gasteiger partial charge in [0.05, 0.1) is 31.5 Å². The summed E-state index contributed by atoms with van der Waals surface area (Å²) in [5.74, 6) is 0.914. The largest absolute Gasteiger partial charge is 0.494 e. The zero-order chi connectivity index (χ0) is 21.4. The number of ether oxygens (including phenoxy) is 3. The number of primary amides is 1. The Kier molecular flexibility index (Phi) is 7.73. The third-order valence-corrected chi connectivity index (χ3v) is 3.98. The summed E-state index contributed by atoms with van der Waals surface area (Å²) in [6.45, 7) is 2.30. The molecule has 0 aliphatic heterocycles. The van der Waals surface area contributed by atoms with E-state index in [9.17, 15) is 9.59 Å². The lowest BCUT2D eigenvalue weighted by Gasteiger charge is -2.12. The summed E-state index contributed by atoms with van der Waals surface area (Å²) < 4.78 is 15.9. The van der Waals surface area contributed by atoms with E-state index in [4.69, 9.17) is 31.5 Å². The lowest BCUT2D eigenvalue weighted by atomic mass is 10.2. The van der Waals surface area contributed by atoms with Crippen LogP contribution in [0.4, 0.5) is 16.2 Å². The van der Waals surface area contributed by atoms with E-state index in [1.165, 1.54) is 20.3 Å². The van der Waals surface area contributed by atoms with Crippen LogP contribution in [0.5, 0.6) is 17.2 Å². The lowest BCUT2D eigenvalue weighted by Crippen LogP contribution is -2.19. The predicted octanol–water partition coefficient (Wildman–Crippen LogP) is 3.90. The van der Waals surface area contributed by atoms with Crippen molar-refractivity contribution in [3.8, 4) is 17.2 Å². The Balaban J connectivity index is 2.13. The van der Waals surface area contributed by atoms with Gasteiger partial charge in [-0.3, -0.25) is 4.79 Å². The van der Waals surface area contributed by atoms with Crippen molar-refractivity contribution in [2.45, 2.75) is 6.92 Å². The first kappa shape index (κ1) is 21.9. The number of halogens is 1. The molecule has 0 saturated carbocycles. The molecule has 0 spiro atoms. The summed E-state index contributed by atoms with van der Waals surface area (Å²) in [5.41, 5.74) is 6.65. The summed E-state index contributed by atoms with van der Waals surface area (Å²) >= 11 is 6.23. The molecule has 2 aromatic rings. The van der Waals surface area contributed by atoms with Crippen LogP contribution in [-0.2, 0) is 4.79 Å². The minimum absolute atomic E-state index is 0.355. The van der Waals surface area contributed by atoms with Crippen LogP contribution in [0, 0.1) is 0 Å². The van der Waals surface area contributed by atoms with Crippen molar-refractivity contribution in [3.05, 3.63) is 47.0 Å².